The Labute approximate surface area is 140 Å². The van der Waals surface area contributed by atoms with Crippen LogP contribution in [0.5, 0.6) is 11.5 Å². The van der Waals surface area contributed by atoms with Crippen LogP contribution in [-0.2, 0) is 0 Å². The molecule has 1 aromatic heterocycles. The highest BCUT2D eigenvalue weighted by Gasteiger charge is 2.14. The Bertz CT molecular complexity index is 860. The van der Waals surface area contributed by atoms with Crippen molar-refractivity contribution in [2.45, 2.75) is 0 Å². The molecular formula is C19H17N3O2. The maximum absolute atomic E-state index is 11.7. The van der Waals surface area contributed by atoms with Gasteiger partial charge in [-0.2, -0.15) is 0 Å². The minimum absolute atomic E-state index is 0.431. The number of benzene rings is 2. The summed E-state index contributed by atoms with van der Waals surface area (Å²) in [5.74, 6) is 0.813. The molecule has 0 spiro atoms. The van der Waals surface area contributed by atoms with E-state index in [1.807, 2.05) is 43.4 Å². The molecule has 3 N–H and O–H groups in total. The second-order valence-corrected chi connectivity index (χ2v) is 5.16. The van der Waals surface area contributed by atoms with Gasteiger partial charge in [0.25, 0.3) is 0 Å². The zero-order valence-corrected chi connectivity index (χ0v) is 13.2. The van der Waals surface area contributed by atoms with Crippen LogP contribution in [0.4, 0.5) is 5.69 Å². The van der Waals surface area contributed by atoms with Gasteiger partial charge in [0, 0.05) is 36.3 Å². The van der Waals surface area contributed by atoms with Gasteiger partial charge in [-0.15, -0.1) is 0 Å². The number of ether oxygens (including phenoxy) is 1. The molecule has 3 rings (SSSR count). The minimum atomic E-state index is -0.487. The third kappa shape index (κ3) is 3.20. The van der Waals surface area contributed by atoms with Crippen LogP contribution in [0, 0.1) is 0 Å². The number of aromatic nitrogens is 1. The van der Waals surface area contributed by atoms with Crippen molar-refractivity contribution in [3.05, 3.63) is 72.6 Å². The highest BCUT2D eigenvalue weighted by Crippen LogP contribution is 2.34. The summed E-state index contributed by atoms with van der Waals surface area (Å²) >= 11 is 0. The molecule has 5 nitrogen and oxygen atoms in total. The summed E-state index contributed by atoms with van der Waals surface area (Å²) in [5, 5.41) is 3.06. The number of anilines is 1. The van der Waals surface area contributed by atoms with E-state index in [1.165, 1.54) is 0 Å². The summed E-state index contributed by atoms with van der Waals surface area (Å²) in [4.78, 5) is 15.8. The largest absolute Gasteiger partial charge is 0.457 e. The summed E-state index contributed by atoms with van der Waals surface area (Å²) in [6, 6.07) is 16.5. The van der Waals surface area contributed by atoms with E-state index in [2.05, 4.69) is 10.3 Å². The van der Waals surface area contributed by atoms with Crippen LogP contribution in [-0.4, -0.2) is 17.9 Å². The Kier molecular flexibility index (Phi) is 4.43. The highest BCUT2D eigenvalue weighted by molar-refractivity contribution is 6.00. The lowest BCUT2D eigenvalue weighted by atomic mass is 10.00. The summed E-state index contributed by atoms with van der Waals surface area (Å²) < 4.78 is 5.98. The predicted molar refractivity (Wildman–Crippen MR) is 94.3 cm³/mol. The van der Waals surface area contributed by atoms with Crippen LogP contribution < -0.4 is 15.8 Å². The number of primary amides is 1. The van der Waals surface area contributed by atoms with Crippen LogP contribution >= 0.6 is 0 Å². The topological polar surface area (TPSA) is 77.2 Å². The molecule has 3 aromatic rings. The molecule has 0 saturated heterocycles. The summed E-state index contributed by atoms with van der Waals surface area (Å²) in [6.45, 7) is 0. The first-order chi connectivity index (χ1) is 11.7. The number of amides is 1. The number of rotatable bonds is 5. The van der Waals surface area contributed by atoms with Crippen LogP contribution in [0.25, 0.3) is 11.1 Å². The van der Waals surface area contributed by atoms with Gasteiger partial charge in [0.2, 0.25) is 5.91 Å². The van der Waals surface area contributed by atoms with Crippen molar-refractivity contribution in [2.24, 2.45) is 5.73 Å². The van der Waals surface area contributed by atoms with E-state index in [4.69, 9.17) is 10.5 Å². The minimum Gasteiger partial charge on any atom is -0.457 e. The number of nitrogens with two attached hydrogens (primary N) is 1. The molecule has 1 heterocycles. The van der Waals surface area contributed by atoms with Gasteiger partial charge < -0.3 is 15.8 Å². The second kappa shape index (κ2) is 6.83. The molecule has 0 saturated carbocycles. The van der Waals surface area contributed by atoms with E-state index in [0.717, 1.165) is 5.69 Å². The fourth-order valence-corrected chi connectivity index (χ4v) is 2.42. The standard InChI is InChI=1S/C19H17N3O2/c1-21-13-6-8-14(9-7-13)24-18-10-11-22-12-17(18)15-4-2-3-5-16(15)19(20)23/h2-12,21H,1H3,(H2,20,23). The number of nitrogens with zero attached hydrogens (tertiary/aromatic N) is 1. The molecule has 120 valence electrons. The molecule has 0 aliphatic heterocycles. The fourth-order valence-electron chi connectivity index (χ4n) is 2.42. The molecule has 2 aromatic carbocycles. The highest BCUT2D eigenvalue weighted by atomic mass is 16.5. The molecular weight excluding hydrogens is 302 g/mol. The molecule has 0 fully saturated rings. The lowest BCUT2D eigenvalue weighted by Crippen LogP contribution is -2.12. The summed E-state index contributed by atoms with van der Waals surface area (Å²) in [7, 11) is 1.86. The van der Waals surface area contributed by atoms with Gasteiger partial charge in [-0.1, -0.05) is 18.2 Å². The summed E-state index contributed by atoms with van der Waals surface area (Å²) in [5.41, 5.74) is 8.31. The first-order valence-corrected chi connectivity index (χ1v) is 7.48. The maximum atomic E-state index is 11.7. The predicted octanol–water partition coefficient (Wildman–Crippen LogP) is 3.68. The first kappa shape index (κ1) is 15.6. The number of hydrogen-bond donors (Lipinski definition) is 2. The molecule has 1 amide bonds. The van der Waals surface area contributed by atoms with Gasteiger partial charge in [-0.3, -0.25) is 9.78 Å². The van der Waals surface area contributed by atoms with E-state index in [-0.39, 0.29) is 0 Å². The van der Waals surface area contributed by atoms with Gasteiger partial charge in [0.1, 0.15) is 11.5 Å². The maximum Gasteiger partial charge on any atom is 0.249 e. The van der Waals surface area contributed by atoms with Crippen molar-refractivity contribution < 1.29 is 9.53 Å². The van der Waals surface area contributed by atoms with Crippen molar-refractivity contribution >= 4 is 11.6 Å². The Hall–Kier alpha value is -3.34. The molecule has 0 atom stereocenters. The monoisotopic (exact) mass is 319 g/mol. The normalized spacial score (nSPS) is 10.2. The van der Waals surface area contributed by atoms with Crippen LogP contribution in [0.1, 0.15) is 10.4 Å². The van der Waals surface area contributed by atoms with Gasteiger partial charge in [-0.25, -0.2) is 0 Å². The van der Waals surface area contributed by atoms with Crippen LogP contribution in [0.15, 0.2) is 67.0 Å². The van der Waals surface area contributed by atoms with E-state index >= 15 is 0 Å². The third-order valence-electron chi connectivity index (χ3n) is 3.63. The van der Waals surface area contributed by atoms with Gasteiger partial charge in [0.15, 0.2) is 0 Å². The first-order valence-electron chi connectivity index (χ1n) is 7.48. The fraction of sp³-hybridized carbons (Fsp3) is 0.0526. The van der Waals surface area contributed by atoms with Crippen LogP contribution in [0.3, 0.4) is 0 Å². The van der Waals surface area contributed by atoms with Crippen molar-refractivity contribution in [1.29, 1.82) is 0 Å². The zero-order valence-electron chi connectivity index (χ0n) is 13.2. The molecule has 0 unspecified atom stereocenters. The smallest absolute Gasteiger partial charge is 0.249 e. The number of carbonyl (C=O) groups is 1. The second-order valence-electron chi connectivity index (χ2n) is 5.16. The van der Waals surface area contributed by atoms with Crippen LogP contribution in [0.2, 0.25) is 0 Å². The lowest BCUT2D eigenvalue weighted by Gasteiger charge is -2.13. The van der Waals surface area contributed by atoms with Crippen molar-refractivity contribution in [1.82, 2.24) is 4.98 Å². The summed E-state index contributed by atoms with van der Waals surface area (Å²) in [6.07, 6.45) is 3.31. The SMILES string of the molecule is CNc1ccc(Oc2ccncc2-c2ccccc2C(N)=O)cc1. The quantitative estimate of drug-likeness (QED) is 0.752. The van der Waals surface area contributed by atoms with Crippen molar-refractivity contribution in [3.63, 3.8) is 0 Å². The molecule has 0 radical (unpaired) electrons. The van der Waals surface area contributed by atoms with Crippen molar-refractivity contribution in [2.75, 3.05) is 12.4 Å². The Balaban J connectivity index is 2.01. The lowest BCUT2D eigenvalue weighted by molar-refractivity contribution is 0.100. The number of hydrogen-bond acceptors (Lipinski definition) is 4. The molecule has 5 heteroatoms. The van der Waals surface area contributed by atoms with E-state index < -0.39 is 5.91 Å². The molecule has 0 aliphatic carbocycles. The Morgan fingerprint density at radius 2 is 1.79 bits per heavy atom. The zero-order chi connectivity index (χ0) is 16.9. The Morgan fingerprint density at radius 1 is 1.04 bits per heavy atom. The number of carbonyl (C=O) groups excluding carboxylic acids is 1. The molecule has 24 heavy (non-hydrogen) atoms. The van der Waals surface area contributed by atoms with E-state index in [9.17, 15) is 4.79 Å². The van der Waals surface area contributed by atoms with Gasteiger partial charge >= 0.3 is 0 Å². The average molecular weight is 319 g/mol. The number of pyridine rings is 1. The molecule has 0 aliphatic rings. The van der Waals surface area contributed by atoms with Gasteiger partial charge in [-0.05, 0) is 42.0 Å². The van der Waals surface area contributed by atoms with Gasteiger partial charge in [0.05, 0.1) is 0 Å². The third-order valence-corrected chi connectivity index (χ3v) is 3.63. The van der Waals surface area contributed by atoms with E-state index in [1.54, 1.807) is 30.6 Å². The Morgan fingerprint density at radius 3 is 2.50 bits per heavy atom. The van der Waals surface area contributed by atoms with E-state index in [0.29, 0.717) is 28.2 Å². The average Bonchev–Trinajstić information content (AvgIpc) is 2.63. The number of nitrogens with one attached hydrogen (secondary N) is 1. The van der Waals surface area contributed by atoms with Crippen molar-refractivity contribution in [3.8, 4) is 22.6 Å². The molecule has 0 bridgehead atoms.